The molecule has 1 unspecified atom stereocenters. The van der Waals surface area contributed by atoms with Crippen LogP contribution in [-0.4, -0.2) is 63.0 Å². The summed E-state index contributed by atoms with van der Waals surface area (Å²) >= 11 is 0. The highest BCUT2D eigenvalue weighted by molar-refractivity contribution is 6.73. The van der Waals surface area contributed by atoms with Gasteiger partial charge >= 0.3 is 8.56 Å². The fraction of sp³-hybridized carbons (Fsp3) is 0.938. The average Bonchev–Trinajstić information content (AvgIpc) is 2.42. The molecule has 0 aromatic carbocycles. The highest BCUT2D eigenvalue weighted by Gasteiger charge is 2.32. The standard InChI is InChI=1S/C16H39NO4Si3/c1-15(16(18)21-23(7,8)9)14-17(22(4,5)6)12-11-13-24(10,19-2)20-3/h15H,11-14H2,1-10H3. The minimum absolute atomic E-state index is 0.0505. The van der Waals surface area contributed by atoms with E-state index in [1.807, 2.05) is 6.92 Å². The van der Waals surface area contributed by atoms with Crippen LogP contribution in [0.15, 0.2) is 0 Å². The predicted octanol–water partition coefficient (Wildman–Crippen LogP) is 3.89. The van der Waals surface area contributed by atoms with Crippen molar-refractivity contribution >= 4 is 31.1 Å². The Bertz CT molecular complexity index is 390. The topological polar surface area (TPSA) is 48.0 Å². The quantitative estimate of drug-likeness (QED) is 0.498. The van der Waals surface area contributed by atoms with Gasteiger partial charge in [-0.1, -0.05) is 26.6 Å². The summed E-state index contributed by atoms with van der Waals surface area (Å²) in [6.45, 7) is 19.0. The van der Waals surface area contributed by atoms with E-state index in [1.54, 1.807) is 14.2 Å². The van der Waals surface area contributed by atoms with Crippen LogP contribution >= 0.6 is 0 Å². The zero-order valence-corrected chi connectivity index (χ0v) is 20.5. The van der Waals surface area contributed by atoms with Gasteiger partial charge < -0.3 is 17.8 Å². The van der Waals surface area contributed by atoms with Crippen LogP contribution in [0.25, 0.3) is 0 Å². The molecule has 5 nitrogen and oxygen atoms in total. The van der Waals surface area contributed by atoms with Crippen molar-refractivity contribution in [2.75, 3.05) is 27.3 Å². The van der Waals surface area contributed by atoms with Crippen LogP contribution in [0.5, 0.6) is 0 Å². The first-order valence-corrected chi connectivity index (χ1v) is 18.2. The van der Waals surface area contributed by atoms with Crippen molar-refractivity contribution < 1.29 is 18.1 Å². The molecule has 0 fully saturated rings. The molecule has 8 heteroatoms. The van der Waals surface area contributed by atoms with E-state index < -0.39 is 25.1 Å². The summed E-state index contributed by atoms with van der Waals surface area (Å²) in [7, 11) is -1.87. The first kappa shape index (κ1) is 24.0. The van der Waals surface area contributed by atoms with Gasteiger partial charge in [0.2, 0.25) is 8.32 Å². The van der Waals surface area contributed by atoms with Gasteiger partial charge in [-0.05, 0) is 45.2 Å². The van der Waals surface area contributed by atoms with Gasteiger partial charge in [0.05, 0.1) is 5.92 Å². The Morgan fingerprint density at radius 1 is 1.00 bits per heavy atom. The maximum atomic E-state index is 12.3. The lowest BCUT2D eigenvalue weighted by molar-refractivity contribution is -0.139. The van der Waals surface area contributed by atoms with Crippen LogP contribution in [-0.2, 0) is 18.1 Å². The van der Waals surface area contributed by atoms with E-state index in [0.29, 0.717) is 0 Å². The summed E-state index contributed by atoms with van der Waals surface area (Å²) in [5.74, 6) is -0.137. The fourth-order valence-electron chi connectivity index (χ4n) is 2.39. The van der Waals surface area contributed by atoms with Gasteiger partial charge in [0.15, 0.2) is 0 Å². The molecule has 0 aliphatic heterocycles. The van der Waals surface area contributed by atoms with Crippen molar-refractivity contribution in [1.29, 1.82) is 0 Å². The number of hydrogen-bond donors (Lipinski definition) is 0. The SMILES string of the molecule is CO[Si](C)(CCCN(CC(C)C(=O)O[Si](C)(C)C)[Si](C)(C)C)OC. The lowest BCUT2D eigenvalue weighted by Gasteiger charge is -2.36. The monoisotopic (exact) mass is 393 g/mol. The first-order valence-electron chi connectivity index (χ1n) is 8.82. The molecule has 0 bridgehead atoms. The molecule has 0 rings (SSSR count). The van der Waals surface area contributed by atoms with Crippen molar-refractivity contribution in [3.63, 3.8) is 0 Å². The van der Waals surface area contributed by atoms with Crippen LogP contribution in [0.1, 0.15) is 13.3 Å². The van der Waals surface area contributed by atoms with Crippen LogP contribution in [0.3, 0.4) is 0 Å². The van der Waals surface area contributed by atoms with Crippen molar-refractivity contribution in [3.05, 3.63) is 0 Å². The van der Waals surface area contributed by atoms with Gasteiger partial charge in [0.1, 0.15) is 8.24 Å². The third-order valence-electron chi connectivity index (χ3n) is 4.17. The molecule has 0 heterocycles. The highest BCUT2D eigenvalue weighted by Crippen LogP contribution is 2.19. The largest absolute Gasteiger partial charge is 0.520 e. The molecule has 0 spiro atoms. The maximum absolute atomic E-state index is 12.3. The predicted molar refractivity (Wildman–Crippen MR) is 109 cm³/mol. The molecule has 0 N–H and O–H groups in total. The maximum Gasteiger partial charge on any atom is 0.334 e. The zero-order chi connectivity index (χ0) is 19.2. The Kier molecular flexibility index (Phi) is 9.63. The number of rotatable bonds is 11. The van der Waals surface area contributed by atoms with E-state index in [-0.39, 0.29) is 11.9 Å². The molecule has 0 saturated carbocycles. The number of nitrogens with zero attached hydrogens (tertiary/aromatic N) is 1. The molecule has 1 atom stereocenters. The molecular weight excluding hydrogens is 354 g/mol. The van der Waals surface area contributed by atoms with Crippen LogP contribution in [0, 0.1) is 5.92 Å². The molecule has 0 radical (unpaired) electrons. The van der Waals surface area contributed by atoms with E-state index in [0.717, 1.165) is 25.6 Å². The van der Waals surface area contributed by atoms with E-state index in [4.69, 9.17) is 13.3 Å². The second-order valence-corrected chi connectivity index (χ2v) is 21.7. The van der Waals surface area contributed by atoms with Crippen LogP contribution < -0.4 is 0 Å². The molecule has 144 valence electrons. The lowest BCUT2D eigenvalue weighted by Crippen LogP contribution is -2.50. The van der Waals surface area contributed by atoms with Crippen LogP contribution in [0.2, 0.25) is 51.9 Å². The van der Waals surface area contributed by atoms with Crippen molar-refractivity contribution in [1.82, 2.24) is 4.57 Å². The van der Waals surface area contributed by atoms with E-state index in [9.17, 15) is 4.79 Å². The molecule has 0 aromatic rings. The minimum atomic E-state index is -2.01. The Hall–Kier alpha value is 0.000649. The molecule has 0 aromatic heterocycles. The number of carbonyl (C=O) groups is 1. The molecule has 0 aliphatic rings. The Balaban J connectivity index is 4.72. The van der Waals surface area contributed by atoms with Crippen molar-refractivity contribution in [2.24, 2.45) is 5.92 Å². The molecule has 0 aliphatic carbocycles. The minimum Gasteiger partial charge on any atom is -0.520 e. The Morgan fingerprint density at radius 3 is 1.88 bits per heavy atom. The Morgan fingerprint density at radius 2 is 1.50 bits per heavy atom. The highest BCUT2D eigenvalue weighted by atomic mass is 28.4. The second kappa shape index (κ2) is 9.63. The van der Waals surface area contributed by atoms with Crippen molar-refractivity contribution in [3.8, 4) is 0 Å². The van der Waals surface area contributed by atoms with Gasteiger partial charge in [-0.15, -0.1) is 0 Å². The van der Waals surface area contributed by atoms with E-state index >= 15 is 0 Å². The summed E-state index contributed by atoms with van der Waals surface area (Å²) in [6, 6.07) is 0.967. The fourth-order valence-corrected chi connectivity index (χ4v) is 6.22. The molecular formula is C16H39NO4Si3. The van der Waals surface area contributed by atoms with Gasteiger partial charge in [0.25, 0.3) is 5.97 Å². The Labute approximate surface area is 152 Å². The average molecular weight is 394 g/mol. The van der Waals surface area contributed by atoms with Gasteiger partial charge in [-0.3, -0.25) is 4.79 Å². The van der Waals surface area contributed by atoms with Gasteiger partial charge in [-0.2, -0.15) is 0 Å². The zero-order valence-electron chi connectivity index (χ0n) is 17.5. The third-order valence-corrected chi connectivity index (χ3v) is 10.3. The lowest BCUT2D eigenvalue weighted by atomic mass is 10.2. The summed E-state index contributed by atoms with van der Waals surface area (Å²) in [4.78, 5) is 12.3. The van der Waals surface area contributed by atoms with E-state index in [1.165, 1.54) is 0 Å². The summed E-state index contributed by atoms with van der Waals surface area (Å²) in [5.41, 5.74) is 0. The summed E-state index contributed by atoms with van der Waals surface area (Å²) < 4.78 is 19.3. The second-order valence-electron chi connectivity index (χ2n) is 8.70. The molecule has 0 amide bonds. The van der Waals surface area contributed by atoms with E-state index in [2.05, 4.69) is 50.4 Å². The number of hydrogen-bond acceptors (Lipinski definition) is 5. The van der Waals surface area contributed by atoms with Gasteiger partial charge in [-0.25, -0.2) is 0 Å². The molecule has 0 saturated heterocycles. The normalized spacial score (nSPS) is 14.8. The summed E-state index contributed by atoms with van der Waals surface area (Å²) in [5, 5.41) is 0. The first-order chi connectivity index (χ1) is 10.7. The van der Waals surface area contributed by atoms with Crippen LogP contribution in [0.4, 0.5) is 0 Å². The number of carbonyl (C=O) groups excluding carboxylic acids is 1. The molecule has 24 heavy (non-hydrogen) atoms. The third kappa shape index (κ3) is 9.48. The van der Waals surface area contributed by atoms with Gasteiger partial charge in [0, 0.05) is 20.8 Å². The summed E-state index contributed by atoms with van der Waals surface area (Å²) in [6.07, 6.45) is 1.03. The van der Waals surface area contributed by atoms with Crippen molar-refractivity contribution in [2.45, 2.75) is 65.2 Å². The smallest absolute Gasteiger partial charge is 0.334 e.